The zero-order valence-corrected chi connectivity index (χ0v) is 18.3. The first-order valence-corrected chi connectivity index (χ1v) is 10.3. The average Bonchev–Trinajstić information content (AvgIpc) is 3.01. The number of carbonyl (C=O) groups excluding carboxylic acids is 1. The molecule has 0 aromatic heterocycles. The summed E-state index contributed by atoms with van der Waals surface area (Å²) in [5, 5.41) is 21.4. The van der Waals surface area contributed by atoms with Crippen molar-refractivity contribution in [3.63, 3.8) is 0 Å². The number of hydrogen-bond acceptors (Lipinski definition) is 7. The van der Waals surface area contributed by atoms with Gasteiger partial charge in [-0.1, -0.05) is 41.0 Å². The van der Waals surface area contributed by atoms with Crippen LogP contribution in [0, 0.1) is 0 Å². The van der Waals surface area contributed by atoms with Crippen LogP contribution in [0.4, 0.5) is 5.69 Å². The van der Waals surface area contributed by atoms with Gasteiger partial charge in [-0.3, -0.25) is 0 Å². The molecular formula is C21H17Cl2NO5S. The molecule has 2 N–H and O–H groups in total. The number of thioether (sulfide) groups is 1. The largest absolute Gasteiger partial charge is 0.506 e. The summed E-state index contributed by atoms with van der Waals surface area (Å²) in [6.07, 6.45) is 1.65. The van der Waals surface area contributed by atoms with E-state index >= 15 is 0 Å². The molecule has 9 heteroatoms. The summed E-state index contributed by atoms with van der Waals surface area (Å²) in [6.45, 7) is 1.82. The third-order valence-electron chi connectivity index (χ3n) is 4.01. The van der Waals surface area contributed by atoms with Gasteiger partial charge in [-0.2, -0.15) is 0 Å². The molecule has 30 heavy (non-hydrogen) atoms. The van der Waals surface area contributed by atoms with Gasteiger partial charge in [-0.05, 0) is 48.9 Å². The van der Waals surface area contributed by atoms with Crippen LogP contribution in [0.25, 0.3) is 6.08 Å². The fourth-order valence-corrected chi connectivity index (χ4v) is 3.93. The molecule has 0 bridgehead atoms. The van der Waals surface area contributed by atoms with Crippen LogP contribution < -0.4 is 4.74 Å². The van der Waals surface area contributed by atoms with Crippen molar-refractivity contribution in [3.8, 4) is 11.5 Å². The minimum Gasteiger partial charge on any atom is -0.506 e. The van der Waals surface area contributed by atoms with Crippen LogP contribution in [-0.4, -0.2) is 34.9 Å². The van der Waals surface area contributed by atoms with Crippen LogP contribution in [-0.2, 0) is 9.53 Å². The number of ether oxygens (including phenoxy) is 2. The molecule has 0 aliphatic carbocycles. The smallest absolute Gasteiger partial charge is 0.344 e. The van der Waals surface area contributed by atoms with Gasteiger partial charge >= 0.3 is 5.97 Å². The lowest BCUT2D eigenvalue weighted by Gasteiger charge is -2.04. The lowest BCUT2D eigenvalue weighted by Crippen LogP contribution is -2.12. The maximum absolute atomic E-state index is 12.5. The fourth-order valence-electron chi connectivity index (χ4n) is 2.60. The number of carbonyl (C=O) groups is 1. The maximum atomic E-state index is 12.5. The van der Waals surface area contributed by atoms with E-state index in [9.17, 15) is 15.0 Å². The standard InChI is InChI=1S/C21H17Cl2NO5S/c1-3-29-21(27)18-19(26)17(9-11-4-7-15(25)16(8-11)28-2)30-20(18)24-12-5-6-13(22)14(23)10-12/h4-10,25-26H,3H2,1-2H3. The zero-order valence-electron chi connectivity index (χ0n) is 16.0. The SMILES string of the molecule is CCOC(=O)C1=C(O)C(=Cc2ccc(O)c(OC)c2)SC1=Nc1ccc(Cl)c(Cl)c1. The van der Waals surface area contributed by atoms with Crippen LogP contribution >= 0.6 is 35.0 Å². The van der Waals surface area contributed by atoms with E-state index < -0.39 is 5.97 Å². The quantitative estimate of drug-likeness (QED) is 0.534. The van der Waals surface area contributed by atoms with E-state index in [1.807, 2.05) is 0 Å². The van der Waals surface area contributed by atoms with Crippen LogP contribution in [0.1, 0.15) is 12.5 Å². The van der Waals surface area contributed by atoms with Crippen LogP contribution in [0.5, 0.6) is 11.5 Å². The van der Waals surface area contributed by atoms with Gasteiger partial charge in [0.25, 0.3) is 0 Å². The molecule has 1 aliphatic rings. The van der Waals surface area contributed by atoms with Crippen molar-refractivity contribution in [2.45, 2.75) is 6.92 Å². The molecule has 2 aromatic carbocycles. The molecule has 2 aromatic rings. The van der Waals surface area contributed by atoms with Gasteiger partial charge in [0.15, 0.2) is 11.5 Å². The summed E-state index contributed by atoms with van der Waals surface area (Å²) >= 11 is 13.1. The molecule has 0 saturated heterocycles. The Morgan fingerprint density at radius 2 is 1.93 bits per heavy atom. The number of methoxy groups -OCH3 is 1. The fraction of sp³-hybridized carbons (Fsp3) is 0.143. The molecule has 1 heterocycles. The topological polar surface area (TPSA) is 88.4 Å². The molecule has 0 unspecified atom stereocenters. The molecule has 1 aliphatic heterocycles. The first-order chi connectivity index (χ1) is 14.3. The number of aromatic hydroxyl groups is 1. The number of rotatable bonds is 5. The molecule has 0 radical (unpaired) electrons. The molecule has 0 fully saturated rings. The Morgan fingerprint density at radius 3 is 2.60 bits per heavy atom. The van der Waals surface area contributed by atoms with Crippen molar-refractivity contribution in [1.82, 2.24) is 0 Å². The van der Waals surface area contributed by atoms with Crippen molar-refractivity contribution in [2.24, 2.45) is 4.99 Å². The van der Waals surface area contributed by atoms with E-state index in [4.69, 9.17) is 32.7 Å². The highest BCUT2D eigenvalue weighted by Gasteiger charge is 2.33. The highest BCUT2D eigenvalue weighted by molar-refractivity contribution is 8.18. The zero-order chi connectivity index (χ0) is 21.8. The number of hydrogen-bond donors (Lipinski definition) is 2. The Bertz CT molecular complexity index is 1090. The summed E-state index contributed by atoms with van der Waals surface area (Å²) in [5.74, 6) is -0.656. The lowest BCUT2D eigenvalue weighted by atomic mass is 10.1. The lowest BCUT2D eigenvalue weighted by molar-refractivity contribution is -0.138. The number of esters is 1. The van der Waals surface area contributed by atoms with Gasteiger partial charge in [0.05, 0.1) is 34.4 Å². The Kier molecular flexibility index (Phi) is 6.97. The number of halogens is 2. The summed E-state index contributed by atoms with van der Waals surface area (Å²) in [5.41, 5.74) is 1.08. The summed E-state index contributed by atoms with van der Waals surface area (Å²) in [4.78, 5) is 17.3. The van der Waals surface area contributed by atoms with E-state index in [2.05, 4.69) is 4.99 Å². The molecule has 0 atom stereocenters. The Hall–Kier alpha value is -2.61. The molecule has 0 spiro atoms. The first-order valence-electron chi connectivity index (χ1n) is 8.75. The van der Waals surface area contributed by atoms with Gasteiger partial charge in [0, 0.05) is 0 Å². The Labute approximate surface area is 187 Å². The van der Waals surface area contributed by atoms with E-state index in [1.165, 1.54) is 13.2 Å². The second-order valence-electron chi connectivity index (χ2n) is 6.00. The monoisotopic (exact) mass is 465 g/mol. The van der Waals surface area contributed by atoms with Gasteiger partial charge in [0.1, 0.15) is 16.4 Å². The summed E-state index contributed by atoms with van der Waals surface area (Å²) in [6, 6.07) is 9.53. The molecular weight excluding hydrogens is 449 g/mol. The molecule has 3 rings (SSSR count). The number of aliphatic imine (C=N–C) groups is 1. The second kappa shape index (κ2) is 9.47. The second-order valence-corrected chi connectivity index (χ2v) is 7.85. The van der Waals surface area contributed by atoms with Crippen LogP contribution in [0.15, 0.2) is 57.6 Å². The predicted octanol–water partition coefficient (Wildman–Crippen LogP) is 5.90. The molecule has 156 valence electrons. The van der Waals surface area contributed by atoms with E-state index in [1.54, 1.807) is 43.3 Å². The van der Waals surface area contributed by atoms with Gasteiger partial charge < -0.3 is 19.7 Å². The van der Waals surface area contributed by atoms with Crippen molar-refractivity contribution >= 4 is 57.7 Å². The first kappa shape index (κ1) is 22.1. The number of benzene rings is 2. The van der Waals surface area contributed by atoms with Crippen molar-refractivity contribution in [1.29, 1.82) is 0 Å². The Balaban J connectivity index is 2.05. The van der Waals surface area contributed by atoms with Crippen molar-refractivity contribution < 1.29 is 24.5 Å². The van der Waals surface area contributed by atoms with Crippen molar-refractivity contribution in [2.75, 3.05) is 13.7 Å². The normalized spacial score (nSPS) is 16.4. The van der Waals surface area contributed by atoms with Crippen LogP contribution in [0.2, 0.25) is 10.0 Å². The molecule has 0 saturated carbocycles. The number of phenolic OH excluding ortho intramolecular Hbond substituents is 1. The summed E-state index contributed by atoms with van der Waals surface area (Å²) < 4.78 is 10.2. The molecule has 0 amide bonds. The third kappa shape index (κ3) is 4.75. The van der Waals surface area contributed by atoms with Gasteiger partial charge in [-0.25, -0.2) is 9.79 Å². The number of nitrogens with zero attached hydrogens (tertiary/aromatic N) is 1. The molecule has 6 nitrogen and oxygen atoms in total. The highest BCUT2D eigenvalue weighted by Crippen LogP contribution is 2.41. The predicted molar refractivity (Wildman–Crippen MR) is 120 cm³/mol. The Morgan fingerprint density at radius 1 is 1.17 bits per heavy atom. The van der Waals surface area contributed by atoms with Gasteiger partial charge in [0.2, 0.25) is 0 Å². The van der Waals surface area contributed by atoms with E-state index in [0.29, 0.717) is 26.2 Å². The summed E-state index contributed by atoms with van der Waals surface area (Å²) in [7, 11) is 1.44. The average molecular weight is 466 g/mol. The maximum Gasteiger partial charge on any atom is 0.344 e. The van der Waals surface area contributed by atoms with E-state index in [-0.39, 0.29) is 34.5 Å². The van der Waals surface area contributed by atoms with Gasteiger partial charge in [-0.15, -0.1) is 0 Å². The third-order valence-corrected chi connectivity index (χ3v) is 5.76. The minimum atomic E-state index is -0.687. The van der Waals surface area contributed by atoms with Crippen LogP contribution in [0.3, 0.4) is 0 Å². The van der Waals surface area contributed by atoms with E-state index in [0.717, 1.165) is 11.8 Å². The highest BCUT2D eigenvalue weighted by atomic mass is 35.5. The van der Waals surface area contributed by atoms with Crippen molar-refractivity contribution in [3.05, 3.63) is 68.2 Å². The number of aliphatic hydroxyl groups is 1. The number of phenols is 1. The minimum absolute atomic E-state index is 0.00688. The number of aliphatic hydroxyl groups excluding tert-OH is 1.